The van der Waals surface area contributed by atoms with Gasteiger partial charge < -0.3 is 10.1 Å². The number of hydrogen-bond acceptors (Lipinski definition) is 5. The number of nitrogens with zero attached hydrogens (tertiary/aromatic N) is 2. The number of anilines is 1. The molecule has 0 radical (unpaired) electrons. The SMILES string of the molecule is CCCOC(=O)CNc1nc(-c2ccccc2)c2cc(C)ccc2n1. The average molecular weight is 335 g/mol. The molecule has 0 saturated carbocycles. The van der Waals surface area contributed by atoms with Gasteiger partial charge in [0, 0.05) is 10.9 Å². The maximum Gasteiger partial charge on any atom is 0.325 e. The summed E-state index contributed by atoms with van der Waals surface area (Å²) in [6, 6.07) is 16.0. The fourth-order valence-corrected chi connectivity index (χ4v) is 2.56. The average Bonchev–Trinajstić information content (AvgIpc) is 2.65. The van der Waals surface area contributed by atoms with Crippen LogP contribution < -0.4 is 5.32 Å². The smallest absolute Gasteiger partial charge is 0.325 e. The van der Waals surface area contributed by atoms with Crippen LogP contribution in [0.4, 0.5) is 5.95 Å². The minimum absolute atomic E-state index is 0.0472. The first kappa shape index (κ1) is 16.9. The third-order valence-electron chi connectivity index (χ3n) is 3.76. The molecule has 3 aromatic rings. The molecule has 0 aliphatic carbocycles. The standard InChI is InChI=1S/C20H21N3O2/c1-3-11-25-18(24)13-21-20-22-17-10-9-14(2)12-16(17)19(23-20)15-7-5-4-6-8-15/h4-10,12H,3,11,13H2,1-2H3,(H,21,22,23). The van der Waals surface area contributed by atoms with Gasteiger partial charge in [0.05, 0.1) is 17.8 Å². The number of carbonyl (C=O) groups excluding carboxylic acids is 1. The number of rotatable bonds is 6. The van der Waals surface area contributed by atoms with Crippen LogP contribution in [0.5, 0.6) is 0 Å². The number of benzene rings is 2. The van der Waals surface area contributed by atoms with Crippen molar-refractivity contribution in [3.8, 4) is 11.3 Å². The maximum absolute atomic E-state index is 11.7. The predicted octanol–water partition coefficient (Wildman–Crippen LogP) is 3.97. The van der Waals surface area contributed by atoms with Crippen LogP contribution in [0, 0.1) is 6.92 Å². The van der Waals surface area contributed by atoms with Crippen molar-refractivity contribution in [1.29, 1.82) is 0 Å². The summed E-state index contributed by atoms with van der Waals surface area (Å²) in [4.78, 5) is 20.9. The summed E-state index contributed by atoms with van der Waals surface area (Å²) in [6.45, 7) is 4.48. The number of carbonyl (C=O) groups is 1. The summed E-state index contributed by atoms with van der Waals surface area (Å²) in [5, 5.41) is 3.96. The third kappa shape index (κ3) is 4.12. The van der Waals surface area contributed by atoms with Crippen LogP contribution in [0.3, 0.4) is 0 Å². The van der Waals surface area contributed by atoms with E-state index in [0.717, 1.165) is 34.1 Å². The molecule has 0 fully saturated rings. The highest BCUT2D eigenvalue weighted by Crippen LogP contribution is 2.27. The zero-order valence-corrected chi connectivity index (χ0v) is 14.5. The minimum Gasteiger partial charge on any atom is -0.464 e. The molecule has 1 heterocycles. The molecule has 0 aliphatic heterocycles. The number of nitrogens with one attached hydrogen (secondary N) is 1. The largest absolute Gasteiger partial charge is 0.464 e. The summed E-state index contributed by atoms with van der Waals surface area (Å²) in [7, 11) is 0. The van der Waals surface area contributed by atoms with Crippen molar-refractivity contribution < 1.29 is 9.53 Å². The molecule has 3 rings (SSSR count). The molecule has 25 heavy (non-hydrogen) atoms. The monoisotopic (exact) mass is 335 g/mol. The molecule has 0 amide bonds. The molecule has 0 aliphatic rings. The summed E-state index contributed by atoms with van der Waals surface area (Å²) in [6.07, 6.45) is 0.801. The molecule has 5 heteroatoms. The van der Waals surface area contributed by atoms with E-state index >= 15 is 0 Å². The zero-order chi connectivity index (χ0) is 17.6. The molecule has 0 atom stereocenters. The Morgan fingerprint density at radius 1 is 1.12 bits per heavy atom. The fraction of sp³-hybridized carbons (Fsp3) is 0.250. The van der Waals surface area contributed by atoms with E-state index in [2.05, 4.69) is 21.4 Å². The summed E-state index contributed by atoms with van der Waals surface area (Å²) >= 11 is 0. The molecule has 0 bridgehead atoms. The van der Waals surface area contributed by atoms with Crippen molar-refractivity contribution in [3.05, 3.63) is 54.1 Å². The predicted molar refractivity (Wildman–Crippen MR) is 99.5 cm³/mol. The van der Waals surface area contributed by atoms with Crippen molar-refractivity contribution >= 4 is 22.8 Å². The molecule has 1 aromatic heterocycles. The van der Waals surface area contributed by atoms with Gasteiger partial charge in [-0.3, -0.25) is 4.79 Å². The quantitative estimate of drug-likeness (QED) is 0.691. The lowest BCUT2D eigenvalue weighted by Gasteiger charge is -2.11. The number of hydrogen-bond donors (Lipinski definition) is 1. The lowest BCUT2D eigenvalue weighted by Crippen LogP contribution is -2.18. The normalized spacial score (nSPS) is 10.6. The van der Waals surface area contributed by atoms with Crippen molar-refractivity contribution in [3.63, 3.8) is 0 Å². The second kappa shape index (κ2) is 7.75. The van der Waals surface area contributed by atoms with Gasteiger partial charge in [-0.1, -0.05) is 48.9 Å². The van der Waals surface area contributed by atoms with E-state index in [1.807, 2.05) is 56.3 Å². The molecule has 2 aromatic carbocycles. The van der Waals surface area contributed by atoms with Gasteiger partial charge in [0.2, 0.25) is 5.95 Å². The molecule has 128 valence electrons. The van der Waals surface area contributed by atoms with E-state index in [0.29, 0.717) is 12.6 Å². The fourth-order valence-electron chi connectivity index (χ4n) is 2.56. The van der Waals surface area contributed by atoms with E-state index in [-0.39, 0.29) is 12.5 Å². The van der Waals surface area contributed by atoms with Crippen LogP contribution in [0.15, 0.2) is 48.5 Å². The van der Waals surface area contributed by atoms with Crippen molar-refractivity contribution in [1.82, 2.24) is 9.97 Å². The van der Waals surface area contributed by atoms with Crippen LogP contribution >= 0.6 is 0 Å². The zero-order valence-electron chi connectivity index (χ0n) is 14.5. The number of esters is 1. The van der Waals surface area contributed by atoms with E-state index in [1.54, 1.807) is 0 Å². The van der Waals surface area contributed by atoms with Crippen molar-refractivity contribution in [2.45, 2.75) is 20.3 Å². The Balaban J connectivity index is 1.95. The Labute approximate surface area is 147 Å². The number of fused-ring (bicyclic) bond motifs is 1. The summed E-state index contributed by atoms with van der Waals surface area (Å²) in [5.41, 5.74) is 3.84. The number of ether oxygens (including phenoxy) is 1. The van der Waals surface area contributed by atoms with Crippen LogP contribution in [0.25, 0.3) is 22.2 Å². The number of aromatic nitrogens is 2. The summed E-state index contributed by atoms with van der Waals surface area (Å²) in [5.74, 6) is 0.111. The molecule has 1 N–H and O–H groups in total. The van der Waals surface area contributed by atoms with Gasteiger partial charge in [0.1, 0.15) is 6.54 Å². The Hall–Kier alpha value is -2.95. The van der Waals surface area contributed by atoms with Gasteiger partial charge >= 0.3 is 5.97 Å². The second-order valence-corrected chi connectivity index (χ2v) is 5.86. The second-order valence-electron chi connectivity index (χ2n) is 5.86. The van der Waals surface area contributed by atoms with Crippen LogP contribution in [0.1, 0.15) is 18.9 Å². The van der Waals surface area contributed by atoms with E-state index in [1.165, 1.54) is 0 Å². The first-order valence-corrected chi connectivity index (χ1v) is 8.40. The van der Waals surface area contributed by atoms with Gasteiger partial charge in [0.25, 0.3) is 0 Å². The van der Waals surface area contributed by atoms with Gasteiger partial charge in [-0.15, -0.1) is 0 Å². The Bertz CT molecular complexity index is 879. The minimum atomic E-state index is -0.310. The Morgan fingerprint density at radius 2 is 1.92 bits per heavy atom. The summed E-state index contributed by atoms with van der Waals surface area (Å²) < 4.78 is 5.07. The van der Waals surface area contributed by atoms with Gasteiger partial charge in [-0.2, -0.15) is 0 Å². The third-order valence-corrected chi connectivity index (χ3v) is 3.76. The molecule has 0 unspecified atom stereocenters. The molecular weight excluding hydrogens is 314 g/mol. The lowest BCUT2D eigenvalue weighted by molar-refractivity contribution is -0.141. The lowest BCUT2D eigenvalue weighted by atomic mass is 10.0. The van der Waals surface area contributed by atoms with Gasteiger partial charge in [-0.05, 0) is 25.5 Å². The van der Waals surface area contributed by atoms with Gasteiger partial charge in [0.15, 0.2) is 0 Å². The van der Waals surface area contributed by atoms with E-state index in [9.17, 15) is 4.79 Å². The van der Waals surface area contributed by atoms with E-state index < -0.39 is 0 Å². The first-order valence-electron chi connectivity index (χ1n) is 8.40. The maximum atomic E-state index is 11.7. The van der Waals surface area contributed by atoms with Crippen LogP contribution in [-0.2, 0) is 9.53 Å². The molecular formula is C20H21N3O2. The van der Waals surface area contributed by atoms with Crippen molar-refractivity contribution in [2.75, 3.05) is 18.5 Å². The van der Waals surface area contributed by atoms with Crippen LogP contribution in [-0.4, -0.2) is 29.1 Å². The Morgan fingerprint density at radius 3 is 2.68 bits per heavy atom. The topological polar surface area (TPSA) is 64.1 Å². The van der Waals surface area contributed by atoms with Crippen molar-refractivity contribution in [2.24, 2.45) is 0 Å². The van der Waals surface area contributed by atoms with E-state index in [4.69, 9.17) is 4.74 Å². The highest BCUT2D eigenvalue weighted by molar-refractivity contribution is 5.93. The highest BCUT2D eigenvalue weighted by Gasteiger charge is 2.11. The molecule has 5 nitrogen and oxygen atoms in total. The molecule has 0 spiro atoms. The van der Waals surface area contributed by atoms with Crippen LogP contribution in [0.2, 0.25) is 0 Å². The number of aryl methyl sites for hydroxylation is 1. The Kier molecular flexibility index (Phi) is 5.23. The van der Waals surface area contributed by atoms with Gasteiger partial charge in [-0.25, -0.2) is 9.97 Å². The first-order chi connectivity index (χ1) is 12.2. The molecule has 0 saturated heterocycles. The highest BCUT2D eigenvalue weighted by atomic mass is 16.5.